The lowest BCUT2D eigenvalue weighted by molar-refractivity contribution is -0.0801. The van der Waals surface area contributed by atoms with Crippen LogP contribution in [-0.2, 0) is 10.3 Å². The summed E-state index contributed by atoms with van der Waals surface area (Å²) < 4.78 is 5.52. The van der Waals surface area contributed by atoms with E-state index in [1.807, 2.05) is 25.1 Å². The maximum absolute atomic E-state index is 10.4. The minimum atomic E-state index is -0.970. The number of ether oxygens (including phenoxy) is 1. The molecule has 1 aliphatic heterocycles. The second-order valence-electron chi connectivity index (χ2n) is 4.31. The summed E-state index contributed by atoms with van der Waals surface area (Å²) in [6.45, 7) is 4.45. The van der Waals surface area contributed by atoms with Gasteiger partial charge >= 0.3 is 0 Å². The van der Waals surface area contributed by atoms with Gasteiger partial charge in [0.2, 0.25) is 0 Å². The fourth-order valence-corrected chi connectivity index (χ4v) is 2.01. The van der Waals surface area contributed by atoms with E-state index in [-0.39, 0.29) is 6.10 Å². The van der Waals surface area contributed by atoms with Gasteiger partial charge in [-0.3, -0.25) is 4.98 Å². The Morgan fingerprint density at radius 1 is 1.53 bits per heavy atom. The zero-order valence-electron chi connectivity index (χ0n) is 9.23. The molecule has 0 bridgehead atoms. The van der Waals surface area contributed by atoms with Crippen molar-refractivity contribution in [3.8, 4) is 0 Å². The number of hydrogen-bond acceptors (Lipinski definition) is 3. The molecule has 1 fully saturated rings. The second kappa shape index (κ2) is 3.91. The quantitative estimate of drug-likeness (QED) is 0.803. The molecule has 0 radical (unpaired) electrons. The maximum atomic E-state index is 10.4. The lowest BCUT2D eigenvalue weighted by Gasteiger charge is -2.28. The van der Waals surface area contributed by atoms with E-state index in [0.717, 1.165) is 25.1 Å². The normalized spacial score (nSPS) is 25.1. The molecule has 1 aromatic heterocycles. The Labute approximate surface area is 90.1 Å². The maximum Gasteiger partial charge on any atom is 0.130 e. The van der Waals surface area contributed by atoms with Gasteiger partial charge in [0.05, 0.1) is 11.8 Å². The SMILES string of the molecule is Cc1cccc(C(C)(O)C2CCCO2)n1. The number of rotatable bonds is 2. The number of aliphatic hydroxyl groups is 1. The van der Waals surface area contributed by atoms with Crippen LogP contribution in [0, 0.1) is 6.92 Å². The van der Waals surface area contributed by atoms with Crippen LogP contribution >= 0.6 is 0 Å². The van der Waals surface area contributed by atoms with E-state index in [1.165, 1.54) is 0 Å². The van der Waals surface area contributed by atoms with Crippen LogP contribution in [0.5, 0.6) is 0 Å². The molecule has 0 aliphatic carbocycles. The zero-order valence-corrected chi connectivity index (χ0v) is 9.23. The molecule has 1 aliphatic rings. The van der Waals surface area contributed by atoms with Crippen LogP contribution in [0.1, 0.15) is 31.2 Å². The van der Waals surface area contributed by atoms with E-state index in [4.69, 9.17) is 4.74 Å². The van der Waals surface area contributed by atoms with Crippen molar-refractivity contribution in [2.75, 3.05) is 6.61 Å². The van der Waals surface area contributed by atoms with Crippen molar-refractivity contribution < 1.29 is 9.84 Å². The van der Waals surface area contributed by atoms with Gasteiger partial charge in [-0.2, -0.15) is 0 Å². The summed E-state index contributed by atoms with van der Waals surface area (Å²) in [5.41, 5.74) is 0.655. The fraction of sp³-hybridized carbons (Fsp3) is 0.583. The standard InChI is InChI=1S/C12H17NO2/c1-9-5-3-6-10(13-9)12(2,14)11-7-4-8-15-11/h3,5-6,11,14H,4,7-8H2,1-2H3. The van der Waals surface area contributed by atoms with Crippen LogP contribution in [0.2, 0.25) is 0 Å². The van der Waals surface area contributed by atoms with Gasteiger partial charge in [0.15, 0.2) is 0 Å². The van der Waals surface area contributed by atoms with Crippen molar-refractivity contribution in [2.45, 2.75) is 38.4 Å². The molecule has 2 rings (SSSR count). The van der Waals surface area contributed by atoms with Crippen LogP contribution in [0.15, 0.2) is 18.2 Å². The van der Waals surface area contributed by atoms with E-state index < -0.39 is 5.60 Å². The van der Waals surface area contributed by atoms with Gasteiger partial charge in [0.25, 0.3) is 0 Å². The summed E-state index contributed by atoms with van der Waals surface area (Å²) in [6.07, 6.45) is 1.81. The molecule has 3 heteroatoms. The lowest BCUT2D eigenvalue weighted by atomic mass is 9.92. The van der Waals surface area contributed by atoms with E-state index in [2.05, 4.69) is 4.98 Å². The first-order chi connectivity index (χ1) is 7.10. The van der Waals surface area contributed by atoms with Crippen LogP contribution < -0.4 is 0 Å². The topological polar surface area (TPSA) is 42.4 Å². The highest BCUT2D eigenvalue weighted by atomic mass is 16.5. The first-order valence-electron chi connectivity index (χ1n) is 5.39. The van der Waals surface area contributed by atoms with Crippen LogP contribution in [-0.4, -0.2) is 22.8 Å². The van der Waals surface area contributed by atoms with E-state index in [1.54, 1.807) is 6.92 Å². The van der Waals surface area contributed by atoms with Crippen molar-refractivity contribution in [3.05, 3.63) is 29.6 Å². The third kappa shape index (κ3) is 2.03. The van der Waals surface area contributed by atoms with Crippen LogP contribution in [0.4, 0.5) is 0 Å². The molecule has 0 saturated carbocycles. The minimum Gasteiger partial charge on any atom is -0.381 e. The summed E-state index contributed by atoms with van der Waals surface area (Å²) in [5.74, 6) is 0. The van der Waals surface area contributed by atoms with Crippen LogP contribution in [0.3, 0.4) is 0 Å². The molecule has 1 aromatic rings. The average Bonchev–Trinajstić information content (AvgIpc) is 2.71. The Morgan fingerprint density at radius 3 is 2.93 bits per heavy atom. The molecule has 3 nitrogen and oxygen atoms in total. The number of hydrogen-bond donors (Lipinski definition) is 1. The predicted octanol–water partition coefficient (Wildman–Crippen LogP) is 1.78. The molecule has 1 saturated heterocycles. The van der Waals surface area contributed by atoms with E-state index in [9.17, 15) is 5.11 Å². The highest BCUT2D eigenvalue weighted by molar-refractivity contribution is 5.17. The lowest BCUT2D eigenvalue weighted by Crippen LogP contribution is -2.36. The number of aryl methyl sites for hydroxylation is 1. The first kappa shape index (κ1) is 10.6. The number of aromatic nitrogens is 1. The van der Waals surface area contributed by atoms with Gasteiger partial charge in [0.1, 0.15) is 5.60 Å². The first-order valence-corrected chi connectivity index (χ1v) is 5.39. The molecule has 0 amide bonds. The third-order valence-corrected chi connectivity index (χ3v) is 2.96. The molecule has 15 heavy (non-hydrogen) atoms. The highest BCUT2D eigenvalue weighted by Gasteiger charge is 2.37. The molecule has 0 spiro atoms. The predicted molar refractivity (Wildman–Crippen MR) is 57.5 cm³/mol. The zero-order chi connectivity index (χ0) is 10.9. The van der Waals surface area contributed by atoms with Gasteiger partial charge in [0, 0.05) is 12.3 Å². The molecule has 2 unspecified atom stereocenters. The molecule has 1 N–H and O–H groups in total. The summed E-state index contributed by atoms with van der Waals surface area (Å²) in [6, 6.07) is 5.70. The number of pyridine rings is 1. The van der Waals surface area contributed by atoms with Gasteiger partial charge in [-0.05, 0) is 38.8 Å². The largest absolute Gasteiger partial charge is 0.381 e. The summed E-state index contributed by atoms with van der Waals surface area (Å²) in [5, 5.41) is 10.4. The van der Waals surface area contributed by atoms with E-state index in [0.29, 0.717) is 5.69 Å². The molecule has 2 heterocycles. The van der Waals surface area contributed by atoms with E-state index >= 15 is 0 Å². The Hall–Kier alpha value is -0.930. The van der Waals surface area contributed by atoms with Crippen molar-refractivity contribution >= 4 is 0 Å². The Morgan fingerprint density at radius 2 is 2.33 bits per heavy atom. The molecule has 82 valence electrons. The Kier molecular flexibility index (Phi) is 2.76. The van der Waals surface area contributed by atoms with Crippen molar-refractivity contribution in [1.29, 1.82) is 0 Å². The van der Waals surface area contributed by atoms with Gasteiger partial charge in [-0.15, -0.1) is 0 Å². The van der Waals surface area contributed by atoms with Gasteiger partial charge < -0.3 is 9.84 Å². The monoisotopic (exact) mass is 207 g/mol. The van der Waals surface area contributed by atoms with Crippen molar-refractivity contribution in [3.63, 3.8) is 0 Å². The smallest absolute Gasteiger partial charge is 0.130 e. The molecular weight excluding hydrogens is 190 g/mol. The van der Waals surface area contributed by atoms with Crippen LogP contribution in [0.25, 0.3) is 0 Å². The minimum absolute atomic E-state index is 0.119. The molecule has 0 aromatic carbocycles. The second-order valence-corrected chi connectivity index (χ2v) is 4.31. The molecular formula is C12H17NO2. The van der Waals surface area contributed by atoms with Gasteiger partial charge in [-0.1, -0.05) is 6.07 Å². The summed E-state index contributed by atoms with van der Waals surface area (Å²) in [4.78, 5) is 4.36. The summed E-state index contributed by atoms with van der Waals surface area (Å²) in [7, 11) is 0. The Balaban J connectivity index is 2.27. The summed E-state index contributed by atoms with van der Waals surface area (Å²) >= 11 is 0. The molecule has 2 atom stereocenters. The highest BCUT2D eigenvalue weighted by Crippen LogP contribution is 2.31. The van der Waals surface area contributed by atoms with Crippen molar-refractivity contribution in [2.24, 2.45) is 0 Å². The van der Waals surface area contributed by atoms with Gasteiger partial charge in [-0.25, -0.2) is 0 Å². The number of nitrogens with zero attached hydrogens (tertiary/aromatic N) is 1. The van der Waals surface area contributed by atoms with Crippen molar-refractivity contribution in [1.82, 2.24) is 4.98 Å². The fourth-order valence-electron chi connectivity index (χ4n) is 2.01. The Bertz CT molecular complexity index is 343. The average molecular weight is 207 g/mol. The third-order valence-electron chi connectivity index (χ3n) is 2.96.